The predicted molar refractivity (Wildman–Crippen MR) is 97.5 cm³/mol. The normalized spacial score (nSPS) is 21.9. The molecule has 0 saturated carbocycles. The number of benzene rings is 1. The van der Waals surface area contributed by atoms with Crippen LogP contribution in [-0.2, 0) is 4.79 Å². The van der Waals surface area contributed by atoms with Crippen LogP contribution in [0.15, 0.2) is 30.3 Å². The summed E-state index contributed by atoms with van der Waals surface area (Å²) in [7, 11) is 0. The summed E-state index contributed by atoms with van der Waals surface area (Å²) in [6.07, 6.45) is 3.51. The van der Waals surface area contributed by atoms with Crippen LogP contribution in [0.25, 0.3) is 0 Å². The molecular formula is C20H30N2O3. The Balaban J connectivity index is 1.42. The molecule has 0 atom stereocenters. The van der Waals surface area contributed by atoms with Gasteiger partial charge in [0.15, 0.2) is 0 Å². The number of para-hydroxylation sites is 1. The summed E-state index contributed by atoms with van der Waals surface area (Å²) in [5.74, 6) is 1.75. The highest BCUT2D eigenvalue weighted by Gasteiger charge is 2.35. The molecule has 5 nitrogen and oxygen atoms in total. The molecular weight excluding hydrogens is 316 g/mol. The summed E-state index contributed by atoms with van der Waals surface area (Å²) in [4.78, 5) is 16.7. The minimum Gasteiger partial charge on any atom is -0.491 e. The fraction of sp³-hybridized carbons (Fsp3) is 0.650. The van der Waals surface area contributed by atoms with Crippen molar-refractivity contribution in [3.05, 3.63) is 30.3 Å². The molecule has 0 unspecified atom stereocenters. The zero-order valence-corrected chi connectivity index (χ0v) is 15.2. The zero-order valence-electron chi connectivity index (χ0n) is 15.2. The molecule has 138 valence electrons. The lowest BCUT2D eigenvalue weighted by molar-refractivity contribution is -0.138. The van der Waals surface area contributed by atoms with Crippen molar-refractivity contribution in [2.45, 2.75) is 38.2 Å². The number of hydrogen-bond acceptors (Lipinski definition) is 4. The molecule has 2 fully saturated rings. The lowest BCUT2D eigenvalue weighted by atomic mass is 9.92. The van der Waals surface area contributed by atoms with Gasteiger partial charge in [-0.05, 0) is 56.8 Å². The Morgan fingerprint density at radius 2 is 1.80 bits per heavy atom. The zero-order chi connectivity index (χ0) is 17.7. The molecule has 2 saturated heterocycles. The highest BCUT2D eigenvalue weighted by atomic mass is 16.5. The van der Waals surface area contributed by atoms with Gasteiger partial charge in [0.25, 0.3) is 0 Å². The van der Waals surface area contributed by atoms with Crippen LogP contribution in [0, 0.1) is 5.92 Å². The van der Waals surface area contributed by atoms with Gasteiger partial charge in [0.1, 0.15) is 18.0 Å². The first kappa shape index (κ1) is 18.2. The van der Waals surface area contributed by atoms with E-state index < -0.39 is 5.60 Å². The third-order valence-electron chi connectivity index (χ3n) is 5.53. The summed E-state index contributed by atoms with van der Waals surface area (Å²) in [5, 5.41) is 10.7. The molecule has 1 N–H and O–H groups in total. The molecule has 5 heteroatoms. The highest BCUT2D eigenvalue weighted by molar-refractivity contribution is 5.78. The maximum Gasteiger partial charge on any atom is 0.236 e. The molecule has 0 aliphatic carbocycles. The van der Waals surface area contributed by atoms with Crippen molar-refractivity contribution in [1.29, 1.82) is 0 Å². The predicted octanol–water partition coefficient (Wildman–Crippen LogP) is 2.15. The van der Waals surface area contributed by atoms with E-state index in [0.717, 1.165) is 24.8 Å². The molecule has 2 aliphatic heterocycles. The fourth-order valence-electron chi connectivity index (χ4n) is 3.56. The summed E-state index contributed by atoms with van der Waals surface area (Å²) < 4.78 is 5.71. The van der Waals surface area contributed by atoms with Crippen LogP contribution in [0.1, 0.15) is 32.6 Å². The second kappa shape index (κ2) is 8.19. The molecule has 0 aromatic heterocycles. The first-order valence-corrected chi connectivity index (χ1v) is 9.44. The van der Waals surface area contributed by atoms with Crippen molar-refractivity contribution in [1.82, 2.24) is 9.80 Å². The van der Waals surface area contributed by atoms with Gasteiger partial charge in [-0.1, -0.05) is 25.1 Å². The van der Waals surface area contributed by atoms with Crippen molar-refractivity contribution >= 4 is 5.91 Å². The van der Waals surface area contributed by atoms with Crippen LogP contribution in [0.3, 0.4) is 0 Å². The van der Waals surface area contributed by atoms with Gasteiger partial charge in [0, 0.05) is 13.1 Å². The highest BCUT2D eigenvalue weighted by Crippen LogP contribution is 2.24. The van der Waals surface area contributed by atoms with Crippen LogP contribution in [-0.4, -0.2) is 65.7 Å². The van der Waals surface area contributed by atoms with Gasteiger partial charge >= 0.3 is 0 Å². The minimum atomic E-state index is -0.840. The number of piperidine rings is 2. The first-order chi connectivity index (χ1) is 12.0. The number of nitrogens with zero attached hydrogens (tertiary/aromatic N) is 2. The molecule has 0 radical (unpaired) electrons. The lowest BCUT2D eigenvalue weighted by Crippen LogP contribution is -2.52. The van der Waals surface area contributed by atoms with E-state index in [0.29, 0.717) is 32.5 Å². The Morgan fingerprint density at radius 1 is 1.16 bits per heavy atom. The number of amides is 1. The van der Waals surface area contributed by atoms with E-state index in [2.05, 4.69) is 11.8 Å². The number of carbonyl (C=O) groups is 1. The van der Waals surface area contributed by atoms with Crippen molar-refractivity contribution in [2.75, 3.05) is 39.3 Å². The van der Waals surface area contributed by atoms with E-state index in [-0.39, 0.29) is 12.5 Å². The first-order valence-electron chi connectivity index (χ1n) is 9.44. The molecule has 1 amide bonds. The van der Waals surface area contributed by atoms with E-state index in [1.807, 2.05) is 35.2 Å². The Bertz CT molecular complexity index is 547. The van der Waals surface area contributed by atoms with Crippen LogP contribution in [0.2, 0.25) is 0 Å². The van der Waals surface area contributed by atoms with Gasteiger partial charge in [-0.2, -0.15) is 0 Å². The number of rotatable bonds is 5. The molecule has 2 heterocycles. The molecule has 25 heavy (non-hydrogen) atoms. The topological polar surface area (TPSA) is 53.0 Å². The number of hydrogen-bond donors (Lipinski definition) is 1. The third kappa shape index (κ3) is 5.19. The average molecular weight is 346 g/mol. The van der Waals surface area contributed by atoms with E-state index in [4.69, 9.17) is 4.74 Å². The van der Waals surface area contributed by atoms with E-state index in [9.17, 15) is 9.90 Å². The summed E-state index contributed by atoms with van der Waals surface area (Å²) >= 11 is 0. The number of likely N-dealkylation sites (tertiary alicyclic amines) is 2. The molecule has 0 spiro atoms. The quantitative estimate of drug-likeness (QED) is 0.888. The van der Waals surface area contributed by atoms with Crippen molar-refractivity contribution in [2.24, 2.45) is 5.92 Å². The Kier molecular flexibility index (Phi) is 5.97. The summed E-state index contributed by atoms with van der Waals surface area (Å²) in [6.45, 7) is 6.34. The van der Waals surface area contributed by atoms with E-state index in [1.165, 1.54) is 12.8 Å². The van der Waals surface area contributed by atoms with Crippen molar-refractivity contribution in [3.8, 4) is 5.75 Å². The minimum absolute atomic E-state index is 0.195. The maximum absolute atomic E-state index is 12.5. The van der Waals surface area contributed by atoms with Crippen LogP contribution in [0.5, 0.6) is 5.75 Å². The molecule has 0 bridgehead atoms. The van der Waals surface area contributed by atoms with Crippen molar-refractivity contribution < 1.29 is 14.6 Å². The van der Waals surface area contributed by atoms with Gasteiger partial charge in [0.05, 0.1) is 6.54 Å². The van der Waals surface area contributed by atoms with Gasteiger partial charge in [-0.25, -0.2) is 0 Å². The maximum atomic E-state index is 12.5. The lowest BCUT2D eigenvalue weighted by Gasteiger charge is -2.39. The SMILES string of the molecule is CC1CCN(CC(=O)N2CCC(O)(COc3ccccc3)CC2)CC1. The molecule has 3 rings (SSSR count). The second-order valence-corrected chi connectivity index (χ2v) is 7.67. The Hall–Kier alpha value is -1.59. The standard InChI is InChI=1S/C20H30N2O3/c1-17-7-11-21(12-8-17)15-19(23)22-13-9-20(24,10-14-22)16-25-18-5-3-2-4-6-18/h2-6,17,24H,7-16H2,1H3. The number of aliphatic hydroxyl groups is 1. The molecule has 1 aromatic rings. The van der Waals surface area contributed by atoms with E-state index in [1.54, 1.807) is 0 Å². The monoisotopic (exact) mass is 346 g/mol. The molecule has 1 aromatic carbocycles. The van der Waals surface area contributed by atoms with Gasteiger partial charge < -0.3 is 14.7 Å². The van der Waals surface area contributed by atoms with E-state index >= 15 is 0 Å². The van der Waals surface area contributed by atoms with Gasteiger partial charge in [-0.15, -0.1) is 0 Å². The van der Waals surface area contributed by atoms with Crippen molar-refractivity contribution in [3.63, 3.8) is 0 Å². The molecule has 2 aliphatic rings. The third-order valence-corrected chi connectivity index (χ3v) is 5.53. The second-order valence-electron chi connectivity index (χ2n) is 7.67. The average Bonchev–Trinajstić information content (AvgIpc) is 2.63. The fourth-order valence-corrected chi connectivity index (χ4v) is 3.56. The number of ether oxygens (including phenoxy) is 1. The van der Waals surface area contributed by atoms with Crippen LogP contribution in [0.4, 0.5) is 0 Å². The van der Waals surface area contributed by atoms with Crippen LogP contribution < -0.4 is 4.74 Å². The number of carbonyl (C=O) groups excluding carboxylic acids is 1. The van der Waals surface area contributed by atoms with Gasteiger partial charge in [-0.3, -0.25) is 9.69 Å². The summed E-state index contributed by atoms with van der Waals surface area (Å²) in [6, 6.07) is 9.56. The summed E-state index contributed by atoms with van der Waals surface area (Å²) in [5.41, 5.74) is -0.840. The van der Waals surface area contributed by atoms with Gasteiger partial charge in [0.2, 0.25) is 5.91 Å². The largest absolute Gasteiger partial charge is 0.491 e. The smallest absolute Gasteiger partial charge is 0.236 e. The Morgan fingerprint density at radius 3 is 2.44 bits per heavy atom. The van der Waals surface area contributed by atoms with Crippen LogP contribution >= 0.6 is 0 Å². The Labute approximate surface area is 150 Å².